The van der Waals surface area contributed by atoms with Gasteiger partial charge in [-0.3, -0.25) is 0 Å². The van der Waals surface area contributed by atoms with Crippen LogP contribution in [0.1, 0.15) is 22.6 Å². The van der Waals surface area contributed by atoms with Gasteiger partial charge in [-0.2, -0.15) is 5.26 Å². The van der Waals surface area contributed by atoms with Gasteiger partial charge in [-0.1, -0.05) is 29.8 Å². The summed E-state index contributed by atoms with van der Waals surface area (Å²) in [5.41, 5.74) is 2.80. The number of hydrogen-bond acceptors (Lipinski definition) is 4. The molecule has 1 aromatic carbocycles. The fraction of sp³-hybridized carbons (Fsp3) is 0.214. The Bertz CT molecular complexity index is 599. The Hall–Kier alpha value is -2.41. The molecule has 2 rings (SSSR count). The van der Waals surface area contributed by atoms with Crippen molar-refractivity contribution in [1.82, 2.24) is 9.97 Å². The van der Waals surface area contributed by atoms with Crippen LogP contribution in [0.5, 0.6) is 0 Å². The largest absolute Gasteiger partial charge is 0.366 e. The van der Waals surface area contributed by atoms with Crippen molar-refractivity contribution in [3.05, 3.63) is 53.0 Å². The van der Waals surface area contributed by atoms with E-state index in [0.29, 0.717) is 23.9 Å². The highest BCUT2D eigenvalue weighted by Crippen LogP contribution is 2.09. The molecule has 1 N–H and O–H groups in total. The van der Waals surface area contributed by atoms with E-state index in [1.54, 1.807) is 13.0 Å². The van der Waals surface area contributed by atoms with Crippen LogP contribution in [0.4, 0.5) is 5.82 Å². The molecule has 0 aliphatic carbocycles. The molecule has 18 heavy (non-hydrogen) atoms. The molecule has 90 valence electrons. The zero-order valence-corrected chi connectivity index (χ0v) is 10.4. The van der Waals surface area contributed by atoms with Crippen LogP contribution in [0.25, 0.3) is 0 Å². The molecular weight excluding hydrogens is 224 g/mol. The summed E-state index contributed by atoms with van der Waals surface area (Å²) in [5, 5.41) is 12.0. The maximum atomic E-state index is 8.84. The van der Waals surface area contributed by atoms with E-state index in [-0.39, 0.29) is 0 Å². The van der Waals surface area contributed by atoms with Crippen molar-refractivity contribution in [3.63, 3.8) is 0 Å². The van der Waals surface area contributed by atoms with Gasteiger partial charge in [-0.15, -0.1) is 0 Å². The lowest BCUT2D eigenvalue weighted by Gasteiger charge is -2.07. The molecule has 1 heterocycles. The first-order valence-electron chi connectivity index (χ1n) is 5.72. The lowest BCUT2D eigenvalue weighted by Crippen LogP contribution is -2.04. The summed E-state index contributed by atoms with van der Waals surface area (Å²) in [6, 6.07) is 11.9. The number of aromatic nitrogens is 2. The summed E-state index contributed by atoms with van der Waals surface area (Å²) in [5.74, 6) is 1.28. The highest BCUT2D eigenvalue weighted by Gasteiger charge is 2.01. The normalized spacial score (nSPS) is 9.83. The van der Waals surface area contributed by atoms with E-state index in [1.807, 2.05) is 12.1 Å². The minimum atomic E-state index is 0.384. The standard InChI is InChI=1S/C14H14N4/c1-10-4-3-5-12(6-10)9-16-14-7-13(8-15)17-11(2)18-14/h3-7H,9H2,1-2H3,(H,16,17,18). The summed E-state index contributed by atoms with van der Waals surface area (Å²) in [7, 11) is 0. The van der Waals surface area contributed by atoms with Crippen molar-refractivity contribution in [2.24, 2.45) is 0 Å². The van der Waals surface area contributed by atoms with E-state index in [2.05, 4.69) is 40.4 Å². The van der Waals surface area contributed by atoms with Gasteiger partial charge in [0.25, 0.3) is 0 Å². The Morgan fingerprint density at radius 3 is 2.78 bits per heavy atom. The molecule has 0 saturated carbocycles. The van der Waals surface area contributed by atoms with Gasteiger partial charge in [-0.25, -0.2) is 9.97 Å². The van der Waals surface area contributed by atoms with E-state index in [1.165, 1.54) is 11.1 Å². The monoisotopic (exact) mass is 238 g/mol. The van der Waals surface area contributed by atoms with Crippen molar-refractivity contribution >= 4 is 5.82 Å². The number of anilines is 1. The average molecular weight is 238 g/mol. The topological polar surface area (TPSA) is 61.6 Å². The van der Waals surface area contributed by atoms with E-state index < -0.39 is 0 Å². The number of aryl methyl sites for hydroxylation is 2. The third kappa shape index (κ3) is 3.05. The van der Waals surface area contributed by atoms with Gasteiger partial charge in [-0.05, 0) is 19.4 Å². The fourth-order valence-corrected chi connectivity index (χ4v) is 1.73. The van der Waals surface area contributed by atoms with Gasteiger partial charge in [0, 0.05) is 12.6 Å². The molecule has 0 bridgehead atoms. The molecule has 1 aromatic heterocycles. The number of nitrogens with zero attached hydrogens (tertiary/aromatic N) is 3. The molecule has 4 heteroatoms. The quantitative estimate of drug-likeness (QED) is 0.892. The van der Waals surface area contributed by atoms with Crippen LogP contribution >= 0.6 is 0 Å². The summed E-state index contributed by atoms with van der Waals surface area (Å²) in [4.78, 5) is 8.26. The first kappa shape index (κ1) is 12.1. The molecule has 0 saturated heterocycles. The first-order chi connectivity index (χ1) is 8.67. The molecule has 2 aromatic rings. The summed E-state index contributed by atoms with van der Waals surface area (Å²) in [6.45, 7) is 4.52. The van der Waals surface area contributed by atoms with Crippen molar-refractivity contribution in [2.45, 2.75) is 20.4 Å². The number of hydrogen-bond donors (Lipinski definition) is 1. The van der Waals surface area contributed by atoms with Gasteiger partial charge >= 0.3 is 0 Å². The summed E-state index contributed by atoms with van der Waals surface area (Å²) in [6.07, 6.45) is 0. The van der Waals surface area contributed by atoms with Crippen molar-refractivity contribution in [1.29, 1.82) is 5.26 Å². The lowest BCUT2D eigenvalue weighted by molar-refractivity contribution is 1.01. The number of benzene rings is 1. The van der Waals surface area contributed by atoms with E-state index in [0.717, 1.165) is 0 Å². The Kier molecular flexibility index (Phi) is 3.54. The van der Waals surface area contributed by atoms with Crippen LogP contribution in [0.15, 0.2) is 30.3 Å². The smallest absolute Gasteiger partial charge is 0.146 e. The molecule has 4 nitrogen and oxygen atoms in total. The molecular formula is C14H14N4. The van der Waals surface area contributed by atoms with E-state index >= 15 is 0 Å². The van der Waals surface area contributed by atoms with Gasteiger partial charge in [0.05, 0.1) is 0 Å². The van der Waals surface area contributed by atoms with Crippen LogP contribution in [-0.2, 0) is 6.54 Å². The minimum Gasteiger partial charge on any atom is -0.366 e. The Morgan fingerprint density at radius 2 is 2.06 bits per heavy atom. The van der Waals surface area contributed by atoms with Crippen molar-refractivity contribution in [2.75, 3.05) is 5.32 Å². The molecule has 0 amide bonds. The molecule has 0 aliphatic heterocycles. The zero-order chi connectivity index (χ0) is 13.0. The third-order valence-corrected chi connectivity index (χ3v) is 2.51. The molecule has 0 radical (unpaired) electrons. The lowest BCUT2D eigenvalue weighted by atomic mass is 10.1. The minimum absolute atomic E-state index is 0.384. The highest BCUT2D eigenvalue weighted by molar-refractivity contribution is 5.40. The molecule has 0 fully saturated rings. The van der Waals surface area contributed by atoms with Crippen LogP contribution in [0, 0.1) is 25.2 Å². The average Bonchev–Trinajstić information content (AvgIpc) is 2.36. The highest BCUT2D eigenvalue weighted by atomic mass is 15.0. The van der Waals surface area contributed by atoms with Crippen molar-refractivity contribution < 1.29 is 0 Å². The molecule has 0 spiro atoms. The Balaban J connectivity index is 2.11. The van der Waals surface area contributed by atoms with Crippen LogP contribution < -0.4 is 5.32 Å². The van der Waals surface area contributed by atoms with Crippen LogP contribution in [0.2, 0.25) is 0 Å². The predicted octanol–water partition coefficient (Wildman–Crippen LogP) is 2.58. The molecule has 0 aliphatic rings. The maximum Gasteiger partial charge on any atom is 0.146 e. The SMILES string of the molecule is Cc1cccc(CNc2cc(C#N)nc(C)n2)c1. The maximum absolute atomic E-state index is 8.84. The second-order valence-corrected chi connectivity index (χ2v) is 4.14. The fourth-order valence-electron chi connectivity index (χ4n) is 1.73. The van der Waals surface area contributed by atoms with Gasteiger partial charge < -0.3 is 5.32 Å². The summed E-state index contributed by atoms with van der Waals surface area (Å²) < 4.78 is 0. The second-order valence-electron chi connectivity index (χ2n) is 4.14. The first-order valence-corrected chi connectivity index (χ1v) is 5.72. The zero-order valence-electron chi connectivity index (χ0n) is 10.4. The third-order valence-electron chi connectivity index (χ3n) is 2.51. The molecule has 0 unspecified atom stereocenters. The van der Waals surface area contributed by atoms with Crippen LogP contribution in [0.3, 0.4) is 0 Å². The van der Waals surface area contributed by atoms with E-state index in [9.17, 15) is 0 Å². The number of rotatable bonds is 3. The van der Waals surface area contributed by atoms with Gasteiger partial charge in [0.1, 0.15) is 23.4 Å². The Morgan fingerprint density at radius 1 is 1.22 bits per heavy atom. The second kappa shape index (κ2) is 5.28. The van der Waals surface area contributed by atoms with Crippen LogP contribution in [-0.4, -0.2) is 9.97 Å². The number of nitriles is 1. The van der Waals surface area contributed by atoms with Gasteiger partial charge in [0.15, 0.2) is 0 Å². The Labute approximate surface area is 106 Å². The van der Waals surface area contributed by atoms with Crippen molar-refractivity contribution in [3.8, 4) is 6.07 Å². The van der Waals surface area contributed by atoms with Gasteiger partial charge in [0.2, 0.25) is 0 Å². The number of nitrogens with one attached hydrogen (secondary N) is 1. The predicted molar refractivity (Wildman–Crippen MR) is 70.0 cm³/mol. The summed E-state index contributed by atoms with van der Waals surface area (Å²) >= 11 is 0. The molecule has 0 atom stereocenters. The van der Waals surface area contributed by atoms with E-state index in [4.69, 9.17) is 5.26 Å².